The van der Waals surface area contributed by atoms with E-state index in [1.807, 2.05) is 11.3 Å². The minimum Gasteiger partial charge on any atom is -0.316 e. The predicted octanol–water partition coefficient (Wildman–Crippen LogP) is 2.71. The number of rotatable bonds is 0. The van der Waals surface area contributed by atoms with Gasteiger partial charge in [0, 0.05) is 16.8 Å². The average Bonchev–Trinajstić information content (AvgIpc) is 2.69. The van der Waals surface area contributed by atoms with Crippen molar-refractivity contribution in [2.24, 2.45) is 0 Å². The Hall–Kier alpha value is -0.340. The molecule has 1 aliphatic heterocycles. The highest BCUT2D eigenvalue weighted by Crippen LogP contribution is 2.43. The fourth-order valence-electron chi connectivity index (χ4n) is 3.14. The van der Waals surface area contributed by atoms with E-state index in [1.165, 1.54) is 45.2 Å². The van der Waals surface area contributed by atoms with Crippen LogP contribution in [0.15, 0.2) is 11.4 Å². The van der Waals surface area contributed by atoms with E-state index in [0.717, 1.165) is 0 Å². The molecule has 1 aliphatic carbocycles. The van der Waals surface area contributed by atoms with E-state index in [2.05, 4.69) is 16.8 Å². The van der Waals surface area contributed by atoms with Gasteiger partial charge in [-0.1, -0.05) is 0 Å². The molecule has 2 aliphatic rings. The number of hydrogen-bond acceptors (Lipinski definition) is 2. The third-order valence-electron chi connectivity index (χ3n) is 3.85. The highest BCUT2D eigenvalue weighted by Gasteiger charge is 2.37. The quantitative estimate of drug-likeness (QED) is 0.689. The van der Waals surface area contributed by atoms with Gasteiger partial charge in [0.05, 0.1) is 0 Å². The van der Waals surface area contributed by atoms with E-state index in [1.54, 1.807) is 10.4 Å². The highest BCUT2D eigenvalue weighted by atomic mass is 32.1. The summed E-state index contributed by atoms with van der Waals surface area (Å²) >= 11 is 1.97. The molecule has 14 heavy (non-hydrogen) atoms. The second kappa shape index (κ2) is 3.35. The molecule has 1 aromatic heterocycles. The molecule has 0 bridgehead atoms. The Labute approximate surface area is 89.5 Å². The SMILES string of the molecule is c1cc2c(s1)CCC[C@]21CCCNC1. The maximum atomic E-state index is 3.58. The number of thiophene rings is 1. The lowest BCUT2D eigenvalue weighted by molar-refractivity contribution is 0.275. The Balaban J connectivity index is 2.01. The van der Waals surface area contributed by atoms with Crippen LogP contribution in [0.1, 0.15) is 36.1 Å². The number of nitrogens with one attached hydrogen (secondary N) is 1. The van der Waals surface area contributed by atoms with E-state index < -0.39 is 0 Å². The molecular formula is C12H17NS. The van der Waals surface area contributed by atoms with Crippen molar-refractivity contribution in [3.63, 3.8) is 0 Å². The highest BCUT2D eigenvalue weighted by molar-refractivity contribution is 7.10. The van der Waals surface area contributed by atoms with Crippen LogP contribution in [0.3, 0.4) is 0 Å². The Morgan fingerprint density at radius 2 is 2.21 bits per heavy atom. The number of piperidine rings is 1. The molecule has 2 heteroatoms. The van der Waals surface area contributed by atoms with Crippen LogP contribution in [-0.4, -0.2) is 13.1 Å². The topological polar surface area (TPSA) is 12.0 Å². The van der Waals surface area contributed by atoms with E-state index in [0.29, 0.717) is 5.41 Å². The van der Waals surface area contributed by atoms with Gasteiger partial charge in [-0.15, -0.1) is 11.3 Å². The van der Waals surface area contributed by atoms with Crippen molar-refractivity contribution in [3.05, 3.63) is 21.9 Å². The van der Waals surface area contributed by atoms with Crippen molar-refractivity contribution in [3.8, 4) is 0 Å². The minimum atomic E-state index is 0.520. The summed E-state index contributed by atoms with van der Waals surface area (Å²) in [6, 6.07) is 2.38. The molecule has 0 saturated carbocycles. The zero-order valence-corrected chi connectivity index (χ0v) is 9.33. The second-order valence-electron chi connectivity index (χ2n) is 4.67. The molecule has 2 heterocycles. The molecule has 0 radical (unpaired) electrons. The first kappa shape index (κ1) is 8.93. The molecule has 0 unspecified atom stereocenters. The van der Waals surface area contributed by atoms with Crippen LogP contribution in [-0.2, 0) is 11.8 Å². The summed E-state index contributed by atoms with van der Waals surface area (Å²) in [4.78, 5) is 1.67. The summed E-state index contributed by atoms with van der Waals surface area (Å²) in [5.74, 6) is 0. The van der Waals surface area contributed by atoms with Crippen LogP contribution in [0.2, 0.25) is 0 Å². The van der Waals surface area contributed by atoms with Crippen molar-refractivity contribution in [1.82, 2.24) is 5.32 Å². The summed E-state index contributed by atoms with van der Waals surface area (Å²) in [6.07, 6.45) is 6.90. The van der Waals surface area contributed by atoms with Crippen LogP contribution in [0.5, 0.6) is 0 Å². The minimum absolute atomic E-state index is 0.520. The zero-order valence-electron chi connectivity index (χ0n) is 8.51. The summed E-state index contributed by atoms with van der Waals surface area (Å²) < 4.78 is 0. The monoisotopic (exact) mass is 207 g/mol. The Bertz CT molecular complexity index is 323. The third kappa shape index (κ3) is 1.24. The average molecular weight is 207 g/mol. The fraction of sp³-hybridized carbons (Fsp3) is 0.667. The molecule has 1 atom stereocenters. The lowest BCUT2D eigenvalue weighted by Gasteiger charge is -2.41. The fourth-order valence-corrected chi connectivity index (χ4v) is 4.18. The van der Waals surface area contributed by atoms with Gasteiger partial charge < -0.3 is 5.32 Å². The molecule has 0 aromatic carbocycles. The first-order valence-corrected chi connectivity index (χ1v) is 6.56. The zero-order chi connectivity index (χ0) is 9.43. The maximum absolute atomic E-state index is 3.58. The van der Waals surface area contributed by atoms with Gasteiger partial charge >= 0.3 is 0 Å². The van der Waals surface area contributed by atoms with Crippen LogP contribution in [0, 0.1) is 0 Å². The van der Waals surface area contributed by atoms with Gasteiger partial charge in [0.1, 0.15) is 0 Å². The third-order valence-corrected chi connectivity index (χ3v) is 4.83. The lowest BCUT2D eigenvalue weighted by Crippen LogP contribution is -2.44. The van der Waals surface area contributed by atoms with Gasteiger partial charge in [-0.25, -0.2) is 0 Å². The summed E-state index contributed by atoms with van der Waals surface area (Å²) in [5.41, 5.74) is 2.20. The Kier molecular flexibility index (Phi) is 2.14. The summed E-state index contributed by atoms with van der Waals surface area (Å²) in [5, 5.41) is 5.86. The maximum Gasteiger partial charge on any atom is 0.00893 e. The number of hydrogen-bond donors (Lipinski definition) is 1. The van der Waals surface area contributed by atoms with Crippen LogP contribution < -0.4 is 5.32 Å². The second-order valence-corrected chi connectivity index (χ2v) is 5.67. The first-order valence-electron chi connectivity index (χ1n) is 5.68. The molecule has 1 aromatic rings. The van der Waals surface area contributed by atoms with Crippen molar-refractivity contribution >= 4 is 11.3 Å². The normalized spacial score (nSPS) is 31.7. The Morgan fingerprint density at radius 3 is 3.07 bits per heavy atom. The van der Waals surface area contributed by atoms with E-state index >= 15 is 0 Å². The van der Waals surface area contributed by atoms with Gasteiger partial charge in [-0.05, 0) is 55.7 Å². The summed E-state index contributed by atoms with van der Waals surface area (Å²) in [7, 11) is 0. The van der Waals surface area contributed by atoms with E-state index in [-0.39, 0.29) is 0 Å². The van der Waals surface area contributed by atoms with Crippen LogP contribution >= 0.6 is 11.3 Å². The van der Waals surface area contributed by atoms with Crippen molar-refractivity contribution in [1.29, 1.82) is 0 Å². The van der Waals surface area contributed by atoms with Gasteiger partial charge in [-0.2, -0.15) is 0 Å². The van der Waals surface area contributed by atoms with Crippen molar-refractivity contribution < 1.29 is 0 Å². The largest absolute Gasteiger partial charge is 0.316 e. The van der Waals surface area contributed by atoms with Crippen molar-refractivity contribution in [2.45, 2.75) is 37.5 Å². The molecule has 1 saturated heterocycles. The number of aryl methyl sites for hydroxylation is 1. The first-order chi connectivity index (χ1) is 6.91. The standard InChI is InChI=1S/C12H17NS/c1-3-11-10(4-8-14-11)12(5-1)6-2-7-13-9-12/h4,8,13H,1-3,5-7,9H2/t12-/m1/s1. The molecule has 1 spiro atoms. The van der Waals surface area contributed by atoms with Crippen LogP contribution in [0.4, 0.5) is 0 Å². The van der Waals surface area contributed by atoms with E-state index in [9.17, 15) is 0 Å². The molecule has 76 valence electrons. The lowest BCUT2D eigenvalue weighted by atomic mass is 9.68. The molecule has 3 rings (SSSR count). The Morgan fingerprint density at radius 1 is 1.29 bits per heavy atom. The molecule has 1 nitrogen and oxygen atoms in total. The molecule has 1 fully saturated rings. The number of fused-ring (bicyclic) bond motifs is 2. The van der Waals surface area contributed by atoms with Gasteiger partial charge in [0.25, 0.3) is 0 Å². The van der Waals surface area contributed by atoms with Gasteiger partial charge in [-0.3, -0.25) is 0 Å². The smallest absolute Gasteiger partial charge is 0.00893 e. The molecule has 1 N–H and O–H groups in total. The van der Waals surface area contributed by atoms with E-state index in [4.69, 9.17) is 0 Å². The van der Waals surface area contributed by atoms with Gasteiger partial charge in [0.2, 0.25) is 0 Å². The van der Waals surface area contributed by atoms with Crippen molar-refractivity contribution in [2.75, 3.05) is 13.1 Å². The molecular weight excluding hydrogens is 190 g/mol. The molecule has 0 amide bonds. The predicted molar refractivity (Wildman–Crippen MR) is 61.0 cm³/mol. The van der Waals surface area contributed by atoms with Crippen LogP contribution in [0.25, 0.3) is 0 Å². The summed E-state index contributed by atoms with van der Waals surface area (Å²) in [6.45, 7) is 2.44. The van der Waals surface area contributed by atoms with Gasteiger partial charge in [0.15, 0.2) is 0 Å².